The lowest BCUT2D eigenvalue weighted by Crippen LogP contribution is -2.38. The van der Waals surface area contributed by atoms with Crippen LogP contribution in [0, 0.1) is 11.6 Å². The number of benzene rings is 2. The van der Waals surface area contributed by atoms with Crippen LogP contribution in [0.3, 0.4) is 0 Å². The number of pyridine rings is 1. The van der Waals surface area contributed by atoms with E-state index in [-0.39, 0.29) is 19.0 Å². The molecular weight excluding hydrogens is 404 g/mol. The van der Waals surface area contributed by atoms with Crippen molar-refractivity contribution >= 4 is 17.5 Å². The van der Waals surface area contributed by atoms with Crippen LogP contribution < -0.4 is 10.1 Å². The van der Waals surface area contributed by atoms with Gasteiger partial charge < -0.3 is 15.0 Å². The number of halogens is 2. The standard InChI is InChI=1S/C23H21F2N3O3/c1-2-28(14-21(29)27-22-19(24)6-3-7-20(22)25)23(30)17-8-10-18(11-9-17)31-15-16-5-4-12-26-13-16/h3-13H,2,14-15H2,1H3,(H,27,29). The first-order valence-electron chi connectivity index (χ1n) is 9.63. The van der Waals surface area contributed by atoms with E-state index >= 15 is 0 Å². The molecule has 0 atom stereocenters. The summed E-state index contributed by atoms with van der Waals surface area (Å²) in [6, 6.07) is 13.5. The lowest BCUT2D eigenvalue weighted by atomic mass is 10.2. The number of rotatable bonds is 8. The number of nitrogens with zero attached hydrogens (tertiary/aromatic N) is 2. The number of nitrogens with one attached hydrogen (secondary N) is 1. The van der Waals surface area contributed by atoms with Crippen molar-refractivity contribution in [1.82, 2.24) is 9.88 Å². The first-order valence-corrected chi connectivity index (χ1v) is 9.63. The highest BCUT2D eigenvalue weighted by Gasteiger charge is 2.19. The van der Waals surface area contributed by atoms with Gasteiger partial charge >= 0.3 is 0 Å². The molecule has 31 heavy (non-hydrogen) atoms. The minimum absolute atomic E-state index is 0.241. The molecule has 0 saturated heterocycles. The molecule has 0 radical (unpaired) electrons. The quantitative estimate of drug-likeness (QED) is 0.591. The summed E-state index contributed by atoms with van der Waals surface area (Å²) in [5.41, 5.74) is 0.740. The third-order valence-electron chi connectivity index (χ3n) is 4.46. The van der Waals surface area contributed by atoms with Crippen LogP contribution in [0.4, 0.5) is 14.5 Å². The van der Waals surface area contributed by atoms with Gasteiger partial charge in [-0.1, -0.05) is 12.1 Å². The van der Waals surface area contributed by atoms with Crippen molar-refractivity contribution in [2.24, 2.45) is 0 Å². The van der Waals surface area contributed by atoms with Crippen LogP contribution in [-0.2, 0) is 11.4 Å². The number of amides is 2. The SMILES string of the molecule is CCN(CC(=O)Nc1c(F)cccc1F)C(=O)c1ccc(OCc2cccnc2)cc1. The van der Waals surface area contributed by atoms with Crippen molar-refractivity contribution in [3.05, 3.63) is 89.8 Å². The Labute approximate surface area is 178 Å². The first-order chi connectivity index (χ1) is 15.0. The number of ether oxygens (including phenoxy) is 1. The molecule has 3 aromatic rings. The summed E-state index contributed by atoms with van der Waals surface area (Å²) in [7, 11) is 0. The number of hydrogen-bond donors (Lipinski definition) is 1. The van der Waals surface area contributed by atoms with Crippen molar-refractivity contribution in [2.75, 3.05) is 18.4 Å². The van der Waals surface area contributed by atoms with E-state index in [0.717, 1.165) is 17.7 Å². The van der Waals surface area contributed by atoms with Gasteiger partial charge in [-0.15, -0.1) is 0 Å². The molecule has 0 unspecified atom stereocenters. The number of aromatic nitrogens is 1. The second-order valence-electron chi connectivity index (χ2n) is 6.64. The van der Waals surface area contributed by atoms with Gasteiger partial charge in [-0.05, 0) is 49.4 Å². The van der Waals surface area contributed by atoms with Crippen LogP contribution in [0.25, 0.3) is 0 Å². The van der Waals surface area contributed by atoms with Gasteiger partial charge in [0, 0.05) is 30.1 Å². The largest absolute Gasteiger partial charge is 0.489 e. The smallest absolute Gasteiger partial charge is 0.254 e. The summed E-state index contributed by atoms with van der Waals surface area (Å²) in [4.78, 5) is 30.3. The molecule has 2 aromatic carbocycles. The second-order valence-corrected chi connectivity index (χ2v) is 6.64. The summed E-state index contributed by atoms with van der Waals surface area (Å²) in [5, 5.41) is 2.18. The fourth-order valence-electron chi connectivity index (χ4n) is 2.82. The maximum atomic E-state index is 13.7. The molecule has 1 N–H and O–H groups in total. The summed E-state index contributed by atoms with van der Waals surface area (Å²) in [6.07, 6.45) is 3.38. The number of carbonyl (C=O) groups excluding carboxylic acids is 2. The van der Waals surface area contributed by atoms with Crippen LogP contribution in [0.1, 0.15) is 22.8 Å². The number of para-hydroxylation sites is 1. The van der Waals surface area contributed by atoms with Crippen LogP contribution in [-0.4, -0.2) is 34.8 Å². The predicted molar refractivity (Wildman–Crippen MR) is 112 cm³/mol. The molecule has 0 aliphatic heterocycles. The van der Waals surface area contributed by atoms with E-state index in [1.54, 1.807) is 43.6 Å². The highest BCUT2D eigenvalue weighted by Crippen LogP contribution is 2.18. The van der Waals surface area contributed by atoms with Gasteiger partial charge in [0.1, 0.15) is 36.2 Å². The Kier molecular flexibility index (Phi) is 7.26. The van der Waals surface area contributed by atoms with Gasteiger partial charge in [0.05, 0.1) is 0 Å². The van der Waals surface area contributed by atoms with Gasteiger partial charge in [0.15, 0.2) is 0 Å². The Bertz CT molecular complexity index is 1020. The van der Waals surface area contributed by atoms with Crippen LogP contribution in [0.2, 0.25) is 0 Å². The van der Waals surface area contributed by atoms with Crippen LogP contribution in [0.5, 0.6) is 5.75 Å². The van der Waals surface area contributed by atoms with Crippen molar-refractivity contribution in [3.63, 3.8) is 0 Å². The maximum Gasteiger partial charge on any atom is 0.254 e. The van der Waals surface area contributed by atoms with Crippen molar-refractivity contribution < 1.29 is 23.1 Å². The molecule has 8 heteroatoms. The summed E-state index contributed by atoms with van der Waals surface area (Å²) in [5.74, 6) is -2.27. The van der Waals surface area contributed by atoms with E-state index in [4.69, 9.17) is 4.74 Å². The molecule has 0 spiro atoms. The molecule has 3 rings (SSSR count). The lowest BCUT2D eigenvalue weighted by molar-refractivity contribution is -0.116. The van der Waals surface area contributed by atoms with E-state index in [1.807, 2.05) is 12.1 Å². The highest BCUT2D eigenvalue weighted by molar-refractivity contribution is 5.99. The molecule has 0 saturated carbocycles. The molecule has 2 amide bonds. The van der Waals surface area contributed by atoms with Gasteiger partial charge in [-0.2, -0.15) is 0 Å². The molecule has 0 bridgehead atoms. The average Bonchev–Trinajstić information content (AvgIpc) is 2.79. The van der Waals surface area contributed by atoms with Gasteiger partial charge in [0.2, 0.25) is 5.91 Å². The van der Waals surface area contributed by atoms with Gasteiger partial charge in [0.25, 0.3) is 5.91 Å². The second kappa shape index (κ2) is 10.3. The molecule has 1 aromatic heterocycles. The fraction of sp³-hybridized carbons (Fsp3) is 0.174. The molecule has 6 nitrogen and oxygen atoms in total. The number of hydrogen-bond acceptors (Lipinski definition) is 4. The molecule has 1 heterocycles. The molecule has 0 fully saturated rings. The summed E-state index contributed by atoms with van der Waals surface area (Å²) in [6.45, 7) is 1.95. The molecule has 0 aliphatic carbocycles. The van der Waals surface area contributed by atoms with Crippen molar-refractivity contribution in [1.29, 1.82) is 0 Å². The predicted octanol–water partition coefficient (Wildman–Crippen LogP) is 4.04. The Morgan fingerprint density at radius 2 is 1.74 bits per heavy atom. The number of anilines is 1. The van der Waals surface area contributed by atoms with Gasteiger partial charge in [-0.25, -0.2) is 8.78 Å². The van der Waals surface area contributed by atoms with E-state index in [9.17, 15) is 18.4 Å². The summed E-state index contributed by atoms with van der Waals surface area (Å²) < 4.78 is 33.1. The normalized spacial score (nSPS) is 10.4. The monoisotopic (exact) mass is 425 g/mol. The van der Waals surface area contributed by atoms with Gasteiger partial charge in [-0.3, -0.25) is 14.6 Å². The zero-order valence-electron chi connectivity index (χ0n) is 16.8. The van der Waals surface area contributed by atoms with Crippen LogP contribution >= 0.6 is 0 Å². The third kappa shape index (κ3) is 5.85. The number of likely N-dealkylation sites (N-methyl/N-ethyl adjacent to an activating group) is 1. The van der Waals surface area contributed by atoms with E-state index in [2.05, 4.69) is 10.3 Å². The van der Waals surface area contributed by atoms with E-state index in [0.29, 0.717) is 17.9 Å². The highest BCUT2D eigenvalue weighted by atomic mass is 19.1. The molecular formula is C23H21F2N3O3. The minimum Gasteiger partial charge on any atom is -0.489 e. The molecule has 0 aliphatic rings. The Balaban J connectivity index is 1.60. The minimum atomic E-state index is -0.885. The first kappa shape index (κ1) is 21.9. The van der Waals surface area contributed by atoms with Crippen molar-refractivity contribution in [2.45, 2.75) is 13.5 Å². The molecule has 160 valence electrons. The van der Waals surface area contributed by atoms with Crippen molar-refractivity contribution in [3.8, 4) is 5.75 Å². The Morgan fingerprint density at radius 3 is 2.35 bits per heavy atom. The third-order valence-corrected chi connectivity index (χ3v) is 4.46. The van der Waals surface area contributed by atoms with Crippen LogP contribution in [0.15, 0.2) is 67.0 Å². The zero-order valence-corrected chi connectivity index (χ0v) is 16.8. The maximum absolute atomic E-state index is 13.7. The topological polar surface area (TPSA) is 71.5 Å². The van der Waals surface area contributed by atoms with E-state index < -0.39 is 23.2 Å². The van der Waals surface area contributed by atoms with E-state index in [1.165, 1.54) is 11.0 Å². The Hall–Kier alpha value is -3.81. The summed E-state index contributed by atoms with van der Waals surface area (Å²) >= 11 is 0. The zero-order chi connectivity index (χ0) is 22.2. The lowest BCUT2D eigenvalue weighted by Gasteiger charge is -2.20. The Morgan fingerprint density at radius 1 is 1.03 bits per heavy atom. The average molecular weight is 425 g/mol. The number of carbonyl (C=O) groups is 2. The fourth-order valence-corrected chi connectivity index (χ4v) is 2.82.